The minimum absolute atomic E-state index is 0.351. The monoisotopic (exact) mass is 359 g/mol. The Bertz CT molecular complexity index is 800. The number of ether oxygens (including phenoxy) is 1. The van der Waals surface area contributed by atoms with Gasteiger partial charge in [0.1, 0.15) is 11.6 Å². The first-order valence-corrected chi connectivity index (χ1v) is 8.77. The van der Waals surface area contributed by atoms with Crippen LogP contribution in [0.25, 0.3) is 10.9 Å². The van der Waals surface area contributed by atoms with Crippen LogP contribution in [0.15, 0.2) is 30.5 Å². The van der Waals surface area contributed by atoms with Crippen molar-refractivity contribution >= 4 is 23.0 Å². The fourth-order valence-electron chi connectivity index (χ4n) is 3.30. The fraction of sp³-hybridized carbons (Fsp3) is 0.474. The Morgan fingerprint density at radius 1 is 1.15 bits per heavy atom. The lowest BCUT2D eigenvalue weighted by Crippen LogP contribution is -2.51. The average molecular weight is 359 g/mol. The van der Waals surface area contributed by atoms with E-state index in [0.717, 1.165) is 16.5 Å². The van der Waals surface area contributed by atoms with Gasteiger partial charge in [-0.1, -0.05) is 18.2 Å². The SMILES string of the molecule is CC(C)(C)OC(=O)N1CCN([C@H](C(=O)O)c2c[nH]c3ccccc23)CC1. The summed E-state index contributed by atoms with van der Waals surface area (Å²) < 4.78 is 5.40. The molecule has 1 aliphatic rings. The van der Waals surface area contributed by atoms with E-state index in [4.69, 9.17) is 4.74 Å². The Kier molecular flexibility index (Phi) is 4.91. The molecule has 2 heterocycles. The molecule has 2 aromatic rings. The number of carboxylic acids is 1. The number of hydrogen-bond donors (Lipinski definition) is 2. The van der Waals surface area contributed by atoms with Crippen molar-refractivity contribution < 1.29 is 19.4 Å². The second-order valence-corrected chi connectivity index (χ2v) is 7.53. The molecule has 2 N–H and O–H groups in total. The van der Waals surface area contributed by atoms with Crippen LogP contribution >= 0.6 is 0 Å². The molecule has 1 aromatic heterocycles. The summed E-state index contributed by atoms with van der Waals surface area (Å²) in [5.41, 5.74) is 1.13. The number of aromatic amines is 1. The summed E-state index contributed by atoms with van der Waals surface area (Å²) in [6, 6.07) is 6.93. The second kappa shape index (κ2) is 6.99. The molecule has 1 atom stereocenters. The normalized spacial score (nSPS) is 17.3. The van der Waals surface area contributed by atoms with E-state index >= 15 is 0 Å². The Labute approximate surface area is 152 Å². The van der Waals surface area contributed by atoms with E-state index in [1.54, 1.807) is 11.1 Å². The molecular formula is C19H25N3O4. The van der Waals surface area contributed by atoms with Crippen molar-refractivity contribution in [2.24, 2.45) is 0 Å². The number of carbonyl (C=O) groups excluding carboxylic acids is 1. The van der Waals surface area contributed by atoms with Crippen molar-refractivity contribution in [1.29, 1.82) is 0 Å². The number of para-hydroxylation sites is 1. The van der Waals surface area contributed by atoms with Gasteiger partial charge in [0.05, 0.1) is 0 Å². The number of hydrogen-bond acceptors (Lipinski definition) is 4. The summed E-state index contributed by atoms with van der Waals surface area (Å²) in [5.74, 6) is -0.888. The molecule has 0 spiro atoms. The number of nitrogens with zero attached hydrogens (tertiary/aromatic N) is 2. The van der Waals surface area contributed by atoms with Crippen LogP contribution in [0, 0.1) is 0 Å². The summed E-state index contributed by atoms with van der Waals surface area (Å²) in [7, 11) is 0. The number of aliphatic carboxylic acids is 1. The Morgan fingerprint density at radius 2 is 1.81 bits per heavy atom. The molecule has 140 valence electrons. The molecule has 1 saturated heterocycles. The largest absolute Gasteiger partial charge is 0.480 e. The van der Waals surface area contributed by atoms with Crippen molar-refractivity contribution in [3.63, 3.8) is 0 Å². The number of benzene rings is 1. The van der Waals surface area contributed by atoms with Crippen molar-refractivity contribution in [2.75, 3.05) is 26.2 Å². The van der Waals surface area contributed by atoms with Gasteiger partial charge < -0.3 is 19.7 Å². The second-order valence-electron chi connectivity index (χ2n) is 7.53. The molecule has 3 rings (SSSR count). The highest BCUT2D eigenvalue weighted by molar-refractivity contribution is 5.89. The van der Waals surface area contributed by atoms with Crippen molar-refractivity contribution in [3.05, 3.63) is 36.0 Å². The number of aromatic nitrogens is 1. The zero-order valence-corrected chi connectivity index (χ0v) is 15.4. The molecular weight excluding hydrogens is 334 g/mol. The van der Waals surface area contributed by atoms with Crippen LogP contribution in [0.1, 0.15) is 32.4 Å². The first-order chi connectivity index (χ1) is 12.3. The summed E-state index contributed by atoms with van der Waals surface area (Å²) in [5, 5.41) is 10.7. The van der Waals surface area contributed by atoms with Gasteiger partial charge in [0.25, 0.3) is 0 Å². The molecule has 0 saturated carbocycles. The number of rotatable bonds is 3. The molecule has 1 aromatic carbocycles. The van der Waals surface area contributed by atoms with Crippen LogP contribution in [0.2, 0.25) is 0 Å². The van der Waals surface area contributed by atoms with Gasteiger partial charge >= 0.3 is 12.1 Å². The van der Waals surface area contributed by atoms with Crippen molar-refractivity contribution in [3.8, 4) is 0 Å². The number of amides is 1. The van der Waals surface area contributed by atoms with E-state index in [1.165, 1.54) is 0 Å². The molecule has 1 fully saturated rings. The highest BCUT2D eigenvalue weighted by atomic mass is 16.6. The first kappa shape index (κ1) is 18.3. The van der Waals surface area contributed by atoms with Gasteiger partial charge in [-0.05, 0) is 26.8 Å². The number of piperazine rings is 1. The van der Waals surface area contributed by atoms with Gasteiger partial charge in [-0.3, -0.25) is 9.69 Å². The number of H-pyrrole nitrogens is 1. The quantitative estimate of drug-likeness (QED) is 0.880. The molecule has 1 aliphatic heterocycles. The lowest BCUT2D eigenvalue weighted by Gasteiger charge is -2.38. The van der Waals surface area contributed by atoms with E-state index in [-0.39, 0.29) is 6.09 Å². The van der Waals surface area contributed by atoms with E-state index in [9.17, 15) is 14.7 Å². The summed E-state index contributed by atoms with van der Waals surface area (Å²) in [6.07, 6.45) is 1.42. The number of nitrogens with one attached hydrogen (secondary N) is 1. The minimum atomic E-state index is -0.888. The third-order valence-corrected chi connectivity index (χ3v) is 4.48. The van der Waals surface area contributed by atoms with Gasteiger partial charge in [-0.25, -0.2) is 4.79 Å². The lowest BCUT2D eigenvalue weighted by atomic mass is 10.0. The van der Waals surface area contributed by atoms with Crippen LogP contribution in [-0.2, 0) is 9.53 Å². The standard InChI is InChI=1S/C19H25N3O4/c1-19(2,3)26-18(25)22-10-8-21(9-11-22)16(17(23)24)14-12-20-15-7-5-4-6-13(14)15/h4-7,12,16,20H,8-11H2,1-3H3,(H,23,24)/t16-/m0/s1. The molecule has 0 bridgehead atoms. The van der Waals surface area contributed by atoms with E-state index < -0.39 is 17.6 Å². The minimum Gasteiger partial charge on any atom is -0.480 e. The first-order valence-electron chi connectivity index (χ1n) is 8.77. The maximum atomic E-state index is 12.2. The molecule has 7 heteroatoms. The highest BCUT2D eigenvalue weighted by Crippen LogP contribution is 2.29. The molecule has 0 aliphatic carbocycles. The van der Waals surface area contributed by atoms with Crippen LogP contribution in [0.4, 0.5) is 4.79 Å². The maximum absolute atomic E-state index is 12.2. The number of carboxylic acid groups (broad SMARTS) is 1. The van der Waals surface area contributed by atoms with Crippen molar-refractivity contribution in [1.82, 2.24) is 14.8 Å². The zero-order chi connectivity index (χ0) is 18.9. The zero-order valence-electron chi connectivity index (χ0n) is 15.4. The van der Waals surface area contributed by atoms with E-state index in [0.29, 0.717) is 26.2 Å². The van der Waals surface area contributed by atoms with Crippen LogP contribution < -0.4 is 0 Å². The Hall–Kier alpha value is -2.54. The van der Waals surface area contributed by atoms with Gasteiger partial charge in [-0.2, -0.15) is 0 Å². The fourth-order valence-corrected chi connectivity index (χ4v) is 3.30. The Morgan fingerprint density at radius 3 is 2.42 bits per heavy atom. The highest BCUT2D eigenvalue weighted by Gasteiger charge is 2.34. The van der Waals surface area contributed by atoms with E-state index in [2.05, 4.69) is 4.98 Å². The summed E-state index contributed by atoms with van der Waals surface area (Å²) >= 11 is 0. The van der Waals surface area contributed by atoms with Crippen LogP contribution in [0.5, 0.6) is 0 Å². The lowest BCUT2D eigenvalue weighted by molar-refractivity contribution is -0.144. The number of carbonyl (C=O) groups is 2. The Balaban J connectivity index is 1.74. The van der Waals surface area contributed by atoms with Gasteiger partial charge in [-0.15, -0.1) is 0 Å². The van der Waals surface area contributed by atoms with Crippen LogP contribution in [-0.4, -0.2) is 63.7 Å². The number of fused-ring (bicyclic) bond motifs is 1. The predicted octanol–water partition coefficient (Wildman–Crippen LogP) is 2.85. The third kappa shape index (κ3) is 3.83. The van der Waals surface area contributed by atoms with Crippen LogP contribution in [0.3, 0.4) is 0 Å². The molecule has 26 heavy (non-hydrogen) atoms. The van der Waals surface area contributed by atoms with Gasteiger partial charge in [0, 0.05) is 48.8 Å². The third-order valence-electron chi connectivity index (χ3n) is 4.48. The predicted molar refractivity (Wildman–Crippen MR) is 98.1 cm³/mol. The molecule has 0 radical (unpaired) electrons. The summed E-state index contributed by atoms with van der Waals surface area (Å²) in [4.78, 5) is 30.9. The maximum Gasteiger partial charge on any atom is 0.410 e. The van der Waals surface area contributed by atoms with Gasteiger partial charge in [0.2, 0.25) is 0 Å². The van der Waals surface area contributed by atoms with E-state index in [1.807, 2.05) is 49.9 Å². The smallest absolute Gasteiger partial charge is 0.410 e. The molecule has 7 nitrogen and oxygen atoms in total. The molecule has 0 unspecified atom stereocenters. The molecule has 1 amide bonds. The topological polar surface area (TPSA) is 85.9 Å². The average Bonchev–Trinajstić information content (AvgIpc) is 2.98. The van der Waals surface area contributed by atoms with Gasteiger partial charge in [0.15, 0.2) is 0 Å². The van der Waals surface area contributed by atoms with Crippen molar-refractivity contribution in [2.45, 2.75) is 32.4 Å². The summed E-state index contributed by atoms with van der Waals surface area (Å²) in [6.45, 7) is 7.35.